The molecule has 33 heavy (non-hydrogen) atoms. The second kappa shape index (κ2) is 9.16. The first kappa shape index (κ1) is 23.9. The van der Waals surface area contributed by atoms with E-state index in [2.05, 4.69) is 0 Å². The molecule has 0 spiro atoms. The van der Waals surface area contributed by atoms with Crippen molar-refractivity contribution in [3.63, 3.8) is 0 Å². The molecule has 6 nitrogen and oxygen atoms in total. The van der Waals surface area contributed by atoms with Gasteiger partial charge in [-0.15, -0.1) is 0 Å². The van der Waals surface area contributed by atoms with Gasteiger partial charge in [0.25, 0.3) is 0 Å². The van der Waals surface area contributed by atoms with Crippen molar-refractivity contribution in [1.29, 1.82) is 0 Å². The molecule has 2 aliphatic rings. The number of benzene rings is 2. The Morgan fingerprint density at radius 1 is 1.18 bits per heavy atom. The maximum atomic E-state index is 15.3. The summed E-state index contributed by atoms with van der Waals surface area (Å²) in [6, 6.07) is 13.3. The van der Waals surface area contributed by atoms with Crippen molar-refractivity contribution in [3.05, 3.63) is 71.0 Å². The Morgan fingerprint density at radius 3 is 2.55 bits per heavy atom. The van der Waals surface area contributed by atoms with E-state index in [1.165, 1.54) is 10.4 Å². The van der Waals surface area contributed by atoms with Crippen LogP contribution in [0.5, 0.6) is 0 Å². The number of primary amides is 1. The summed E-state index contributed by atoms with van der Waals surface area (Å²) in [5.74, 6) is -1.15. The van der Waals surface area contributed by atoms with Crippen LogP contribution in [0.4, 0.5) is 4.39 Å². The molecule has 2 aromatic carbocycles. The lowest BCUT2D eigenvalue weighted by molar-refractivity contribution is -0.126. The van der Waals surface area contributed by atoms with Crippen LogP contribution < -0.4 is 5.73 Å². The number of rotatable bonds is 5. The minimum absolute atomic E-state index is 0.0782. The summed E-state index contributed by atoms with van der Waals surface area (Å²) in [6.07, 6.45) is 2.37. The average molecular weight is 475 g/mol. The van der Waals surface area contributed by atoms with E-state index in [4.69, 9.17) is 5.73 Å². The standard InChI is InChI=1S/C25H31FN2O4S/c1-17-9-12-23(18-6-3-2-4-7-18)33(31,32)28(17)16-19-10-11-20(14-22(19)26)25(24(27)30)13-5-8-21(29)15-25/h2-4,6-7,10-11,14,17,21,23,29H,5,8-9,12-13,15-16H2,1H3,(H2,27,30)/t17-,21-,23+,25+/m0/s1. The molecule has 0 bridgehead atoms. The zero-order valence-electron chi connectivity index (χ0n) is 18.8. The number of amides is 1. The van der Waals surface area contributed by atoms with Gasteiger partial charge in [0.05, 0.1) is 11.5 Å². The number of nitrogens with two attached hydrogens (primary N) is 1. The molecule has 4 rings (SSSR count). The lowest BCUT2D eigenvalue weighted by Crippen LogP contribution is -2.46. The van der Waals surface area contributed by atoms with Gasteiger partial charge >= 0.3 is 0 Å². The molecule has 4 atom stereocenters. The number of hydrogen-bond acceptors (Lipinski definition) is 4. The highest BCUT2D eigenvalue weighted by molar-refractivity contribution is 7.89. The summed E-state index contributed by atoms with van der Waals surface area (Å²) in [7, 11) is -3.69. The summed E-state index contributed by atoms with van der Waals surface area (Å²) in [5.41, 5.74) is 6.01. The van der Waals surface area contributed by atoms with Crippen LogP contribution in [0.15, 0.2) is 48.5 Å². The molecule has 0 unspecified atom stereocenters. The van der Waals surface area contributed by atoms with Gasteiger partial charge in [-0.05, 0) is 62.6 Å². The Morgan fingerprint density at radius 2 is 1.91 bits per heavy atom. The molecule has 8 heteroatoms. The van der Waals surface area contributed by atoms with E-state index < -0.39 is 38.5 Å². The Balaban J connectivity index is 1.63. The number of carbonyl (C=O) groups excluding carboxylic acids is 1. The summed E-state index contributed by atoms with van der Waals surface area (Å²) in [6.45, 7) is 1.77. The topological polar surface area (TPSA) is 101 Å². The van der Waals surface area contributed by atoms with Crippen LogP contribution in [0.1, 0.15) is 67.4 Å². The number of aliphatic hydroxyl groups is 1. The molecule has 1 saturated carbocycles. The molecule has 1 aliphatic carbocycles. The maximum absolute atomic E-state index is 15.3. The summed E-state index contributed by atoms with van der Waals surface area (Å²) in [4.78, 5) is 12.3. The number of carbonyl (C=O) groups is 1. The highest BCUT2D eigenvalue weighted by atomic mass is 32.2. The first-order valence-electron chi connectivity index (χ1n) is 11.5. The molecule has 1 amide bonds. The van der Waals surface area contributed by atoms with Crippen LogP contribution in [0.3, 0.4) is 0 Å². The van der Waals surface area contributed by atoms with Crippen molar-refractivity contribution < 1.29 is 22.7 Å². The van der Waals surface area contributed by atoms with Crippen LogP contribution in [0.2, 0.25) is 0 Å². The van der Waals surface area contributed by atoms with Crippen molar-refractivity contribution in [3.8, 4) is 0 Å². The lowest BCUT2D eigenvalue weighted by atomic mass is 9.68. The van der Waals surface area contributed by atoms with E-state index >= 15 is 4.39 Å². The first-order valence-corrected chi connectivity index (χ1v) is 13.0. The maximum Gasteiger partial charge on any atom is 0.228 e. The van der Waals surface area contributed by atoms with E-state index in [1.807, 2.05) is 37.3 Å². The Labute approximate surface area is 194 Å². The van der Waals surface area contributed by atoms with Crippen LogP contribution in [0, 0.1) is 5.82 Å². The number of aliphatic hydroxyl groups excluding tert-OH is 1. The molecule has 1 aliphatic heterocycles. The molecule has 2 aromatic rings. The molecule has 0 aromatic heterocycles. The van der Waals surface area contributed by atoms with Gasteiger partial charge in [0, 0.05) is 18.2 Å². The van der Waals surface area contributed by atoms with E-state index in [-0.39, 0.29) is 24.6 Å². The van der Waals surface area contributed by atoms with Gasteiger partial charge in [0.1, 0.15) is 11.1 Å². The third-order valence-electron chi connectivity index (χ3n) is 7.32. The van der Waals surface area contributed by atoms with Gasteiger partial charge in [0.2, 0.25) is 15.9 Å². The molecular formula is C25H31FN2O4S. The first-order chi connectivity index (χ1) is 15.6. The van der Waals surface area contributed by atoms with E-state index in [1.54, 1.807) is 12.1 Å². The molecule has 0 radical (unpaired) electrons. The second-order valence-corrected chi connectivity index (χ2v) is 11.5. The predicted octanol–water partition coefficient (Wildman–Crippen LogP) is 3.54. The lowest BCUT2D eigenvalue weighted by Gasteiger charge is -2.38. The van der Waals surface area contributed by atoms with Gasteiger partial charge in [-0.2, -0.15) is 4.31 Å². The van der Waals surface area contributed by atoms with Crippen molar-refractivity contribution in [2.45, 2.75) is 74.8 Å². The quantitative estimate of drug-likeness (QED) is 0.692. The Bertz CT molecular complexity index is 1120. The Hall–Kier alpha value is -2.29. The number of nitrogens with zero attached hydrogens (tertiary/aromatic N) is 1. The minimum Gasteiger partial charge on any atom is -0.393 e. The molecule has 1 heterocycles. The van der Waals surface area contributed by atoms with Crippen molar-refractivity contribution in [2.75, 3.05) is 0 Å². The third kappa shape index (κ3) is 4.44. The predicted molar refractivity (Wildman–Crippen MR) is 124 cm³/mol. The number of hydrogen-bond donors (Lipinski definition) is 2. The van der Waals surface area contributed by atoms with E-state index in [0.717, 1.165) is 5.56 Å². The van der Waals surface area contributed by atoms with Crippen LogP contribution in [0.25, 0.3) is 0 Å². The van der Waals surface area contributed by atoms with Gasteiger partial charge in [-0.3, -0.25) is 4.79 Å². The molecular weight excluding hydrogens is 443 g/mol. The zero-order valence-corrected chi connectivity index (χ0v) is 19.6. The van der Waals surface area contributed by atoms with Gasteiger partial charge in [-0.25, -0.2) is 12.8 Å². The minimum atomic E-state index is -3.69. The van der Waals surface area contributed by atoms with E-state index in [0.29, 0.717) is 37.7 Å². The third-order valence-corrected chi connectivity index (χ3v) is 9.69. The zero-order chi connectivity index (χ0) is 23.8. The molecule has 178 valence electrons. The monoisotopic (exact) mass is 474 g/mol. The van der Waals surface area contributed by atoms with Crippen LogP contribution >= 0.6 is 0 Å². The fraction of sp³-hybridized carbons (Fsp3) is 0.480. The molecule has 1 saturated heterocycles. The summed E-state index contributed by atoms with van der Waals surface area (Å²) >= 11 is 0. The molecule has 3 N–H and O–H groups in total. The SMILES string of the molecule is C[C@H]1CC[C@H](c2ccccc2)S(=O)(=O)N1Cc1ccc([C@@]2(C(N)=O)CCC[C@H](O)C2)cc1F. The summed E-state index contributed by atoms with van der Waals surface area (Å²) < 4.78 is 43.5. The second-order valence-electron chi connectivity index (χ2n) is 9.42. The highest BCUT2D eigenvalue weighted by Gasteiger charge is 2.44. The normalized spacial score (nSPS) is 30.1. The number of halogens is 1. The fourth-order valence-electron chi connectivity index (χ4n) is 5.37. The van der Waals surface area contributed by atoms with Crippen LogP contribution in [-0.4, -0.2) is 35.9 Å². The largest absolute Gasteiger partial charge is 0.393 e. The molecule has 2 fully saturated rings. The van der Waals surface area contributed by atoms with Gasteiger partial charge < -0.3 is 10.8 Å². The highest BCUT2D eigenvalue weighted by Crippen LogP contribution is 2.41. The summed E-state index contributed by atoms with van der Waals surface area (Å²) in [5, 5.41) is 9.47. The van der Waals surface area contributed by atoms with Gasteiger partial charge in [0.15, 0.2) is 0 Å². The van der Waals surface area contributed by atoms with Crippen LogP contribution in [-0.2, 0) is 26.8 Å². The Kier molecular flexibility index (Phi) is 6.62. The smallest absolute Gasteiger partial charge is 0.228 e. The van der Waals surface area contributed by atoms with Crippen molar-refractivity contribution in [1.82, 2.24) is 4.31 Å². The number of sulfonamides is 1. The van der Waals surface area contributed by atoms with Crippen molar-refractivity contribution >= 4 is 15.9 Å². The fourth-order valence-corrected chi connectivity index (χ4v) is 7.56. The van der Waals surface area contributed by atoms with E-state index in [9.17, 15) is 18.3 Å². The van der Waals surface area contributed by atoms with Gasteiger partial charge in [-0.1, -0.05) is 42.5 Å². The van der Waals surface area contributed by atoms with Crippen molar-refractivity contribution in [2.24, 2.45) is 5.73 Å². The average Bonchev–Trinajstić information content (AvgIpc) is 2.77.